The molecule has 0 bridgehead atoms. The van der Waals surface area contributed by atoms with E-state index in [9.17, 15) is 4.79 Å². The summed E-state index contributed by atoms with van der Waals surface area (Å²) in [6.45, 7) is 4.94. The van der Waals surface area contributed by atoms with Crippen molar-refractivity contribution in [2.24, 2.45) is 17.1 Å². The molecule has 1 aliphatic carbocycles. The summed E-state index contributed by atoms with van der Waals surface area (Å²) in [5.41, 5.74) is 6.87. The number of hydrogen-bond acceptors (Lipinski definition) is 3. The molecule has 2 heterocycles. The van der Waals surface area contributed by atoms with E-state index < -0.39 is 0 Å². The Bertz CT molecular complexity index is 694. The first-order valence-electron chi connectivity index (χ1n) is 7.07. The van der Waals surface area contributed by atoms with Gasteiger partial charge in [0.1, 0.15) is 5.69 Å². The third kappa shape index (κ3) is 2.21. The summed E-state index contributed by atoms with van der Waals surface area (Å²) in [6.07, 6.45) is 4.27. The van der Waals surface area contributed by atoms with Crippen molar-refractivity contribution in [1.82, 2.24) is 14.7 Å². The van der Waals surface area contributed by atoms with Crippen molar-refractivity contribution < 1.29 is 4.79 Å². The first-order chi connectivity index (χ1) is 9.95. The fraction of sp³-hybridized carbons (Fsp3) is 0.467. The highest BCUT2D eigenvalue weighted by atomic mass is 35.5. The number of nitrogens with zero attached hydrogens (tertiary/aromatic N) is 2. The Balaban J connectivity index is 1.81. The van der Waals surface area contributed by atoms with Gasteiger partial charge in [-0.15, -0.1) is 0 Å². The third-order valence-corrected chi connectivity index (χ3v) is 5.08. The predicted octanol–water partition coefficient (Wildman–Crippen LogP) is 2.09. The molecule has 2 unspecified atom stereocenters. The smallest absolute Gasteiger partial charge is 0.270 e. The van der Waals surface area contributed by atoms with Gasteiger partial charge in [-0.05, 0) is 36.4 Å². The lowest BCUT2D eigenvalue weighted by Gasteiger charge is -2.52. The van der Waals surface area contributed by atoms with Crippen molar-refractivity contribution in [1.29, 1.82) is 0 Å². The van der Waals surface area contributed by atoms with Crippen LogP contribution in [0.25, 0.3) is 5.65 Å². The maximum Gasteiger partial charge on any atom is 0.270 e. The van der Waals surface area contributed by atoms with E-state index >= 15 is 0 Å². The number of halogens is 1. The van der Waals surface area contributed by atoms with Crippen LogP contribution in [0.2, 0.25) is 5.02 Å². The minimum atomic E-state index is -0.127. The van der Waals surface area contributed by atoms with Crippen LogP contribution in [0, 0.1) is 11.3 Å². The minimum absolute atomic E-state index is 0.0303. The van der Waals surface area contributed by atoms with E-state index in [1.165, 1.54) is 0 Å². The number of imidazole rings is 1. The normalized spacial score (nSPS) is 23.8. The summed E-state index contributed by atoms with van der Waals surface area (Å²) in [5, 5.41) is 3.62. The Labute approximate surface area is 128 Å². The Morgan fingerprint density at radius 2 is 2.38 bits per heavy atom. The highest BCUT2D eigenvalue weighted by Gasteiger charge is 2.47. The summed E-state index contributed by atoms with van der Waals surface area (Å²) in [4.78, 5) is 16.7. The van der Waals surface area contributed by atoms with Gasteiger partial charge in [-0.1, -0.05) is 25.4 Å². The number of nitrogens with one attached hydrogen (secondary N) is 1. The summed E-state index contributed by atoms with van der Waals surface area (Å²) in [6, 6.07) is 3.70. The number of pyridine rings is 1. The Kier molecular flexibility index (Phi) is 3.42. The van der Waals surface area contributed by atoms with E-state index in [2.05, 4.69) is 24.1 Å². The first kappa shape index (κ1) is 14.4. The number of aromatic nitrogens is 2. The molecule has 5 nitrogen and oxygen atoms in total. The summed E-state index contributed by atoms with van der Waals surface area (Å²) >= 11 is 6.07. The molecule has 1 aliphatic rings. The zero-order chi connectivity index (χ0) is 15.2. The van der Waals surface area contributed by atoms with Crippen LogP contribution in [0.15, 0.2) is 24.5 Å². The monoisotopic (exact) mass is 306 g/mol. The third-order valence-electron chi connectivity index (χ3n) is 4.78. The van der Waals surface area contributed by atoms with Crippen LogP contribution < -0.4 is 11.1 Å². The van der Waals surface area contributed by atoms with Crippen molar-refractivity contribution >= 4 is 23.2 Å². The molecular formula is C15H19ClN4O. The number of carbonyl (C=O) groups is 1. The Hall–Kier alpha value is -1.59. The Morgan fingerprint density at radius 1 is 1.62 bits per heavy atom. The maximum atomic E-state index is 12.5. The zero-order valence-electron chi connectivity index (χ0n) is 12.1. The molecule has 112 valence electrons. The van der Waals surface area contributed by atoms with E-state index in [1.54, 1.807) is 28.9 Å². The van der Waals surface area contributed by atoms with E-state index in [1.807, 2.05) is 0 Å². The highest BCUT2D eigenvalue weighted by molar-refractivity contribution is 6.33. The van der Waals surface area contributed by atoms with Crippen molar-refractivity contribution in [2.45, 2.75) is 26.3 Å². The molecule has 0 radical (unpaired) electrons. The summed E-state index contributed by atoms with van der Waals surface area (Å²) < 4.78 is 1.71. The van der Waals surface area contributed by atoms with Crippen molar-refractivity contribution in [3.63, 3.8) is 0 Å². The first-order valence-corrected chi connectivity index (χ1v) is 7.45. The van der Waals surface area contributed by atoms with Gasteiger partial charge in [-0.2, -0.15) is 0 Å². The molecule has 1 amide bonds. The second kappa shape index (κ2) is 5.00. The van der Waals surface area contributed by atoms with Gasteiger partial charge in [0.15, 0.2) is 5.65 Å². The van der Waals surface area contributed by atoms with Crippen LogP contribution in [-0.4, -0.2) is 27.9 Å². The van der Waals surface area contributed by atoms with Gasteiger partial charge in [-0.25, -0.2) is 4.98 Å². The number of carbonyl (C=O) groups excluding carboxylic acids is 1. The molecule has 21 heavy (non-hydrogen) atoms. The molecule has 3 N–H and O–H groups in total. The molecule has 2 aromatic heterocycles. The Morgan fingerprint density at radius 3 is 3.05 bits per heavy atom. The van der Waals surface area contributed by atoms with E-state index in [0.717, 1.165) is 6.42 Å². The maximum absolute atomic E-state index is 12.5. The number of fused-ring (bicyclic) bond motifs is 1. The van der Waals surface area contributed by atoms with Crippen LogP contribution in [0.3, 0.4) is 0 Å². The van der Waals surface area contributed by atoms with Gasteiger partial charge in [0.25, 0.3) is 5.91 Å². The van der Waals surface area contributed by atoms with Crippen LogP contribution in [0.5, 0.6) is 0 Å². The van der Waals surface area contributed by atoms with Crippen LogP contribution >= 0.6 is 11.6 Å². The van der Waals surface area contributed by atoms with Crippen LogP contribution in [0.4, 0.5) is 0 Å². The van der Waals surface area contributed by atoms with Gasteiger partial charge in [0.05, 0.1) is 11.2 Å². The molecule has 0 saturated heterocycles. The second-order valence-corrected chi connectivity index (χ2v) is 6.62. The van der Waals surface area contributed by atoms with E-state index in [4.69, 9.17) is 17.3 Å². The minimum Gasteiger partial charge on any atom is -0.347 e. The largest absolute Gasteiger partial charge is 0.347 e. The van der Waals surface area contributed by atoms with E-state index in [0.29, 0.717) is 28.8 Å². The number of hydrogen-bond donors (Lipinski definition) is 2. The number of amides is 1. The molecule has 0 aromatic carbocycles. The lowest BCUT2D eigenvalue weighted by atomic mass is 9.58. The highest BCUT2D eigenvalue weighted by Crippen LogP contribution is 2.45. The average Bonchev–Trinajstić information content (AvgIpc) is 2.88. The topological polar surface area (TPSA) is 72.4 Å². The molecule has 0 spiro atoms. The molecule has 6 heteroatoms. The second-order valence-electron chi connectivity index (χ2n) is 6.21. The van der Waals surface area contributed by atoms with Crippen molar-refractivity contribution in [3.8, 4) is 0 Å². The quantitative estimate of drug-likeness (QED) is 0.912. The fourth-order valence-electron chi connectivity index (χ4n) is 3.04. The molecule has 2 atom stereocenters. The van der Waals surface area contributed by atoms with Gasteiger partial charge < -0.3 is 11.1 Å². The lowest BCUT2D eigenvalue weighted by molar-refractivity contribution is 0.0198. The molecule has 0 aliphatic heterocycles. The van der Waals surface area contributed by atoms with Gasteiger partial charge >= 0.3 is 0 Å². The molecule has 3 rings (SSSR count). The van der Waals surface area contributed by atoms with Gasteiger partial charge in [-0.3, -0.25) is 9.20 Å². The standard InChI is InChI=1S/C15H19ClN4O/c1-15(2)9(7-17)6-12(15)19-14(21)11-8-18-13-10(16)4-3-5-20(11)13/h3-5,8-9,12H,6-7,17H2,1-2H3,(H,19,21). The van der Waals surface area contributed by atoms with E-state index in [-0.39, 0.29) is 17.4 Å². The van der Waals surface area contributed by atoms with Crippen molar-refractivity contribution in [3.05, 3.63) is 35.2 Å². The zero-order valence-corrected chi connectivity index (χ0v) is 12.9. The number of rotatable bonds is 3. The average molecular weight is 307 g/mol. The van der Waals surface area contributed by atoms with Crippen molar-refractivity contribution in [2.75, 3.05) is 6.54 Å². The summed E-state index contributed by atoms with van der Waals surface area (Å²) in [5.74, 6) is 0.331. The molecular weight excluding hydrogens is 288 g/mol. The lowest BCUT2D eigenvalue weighted by Crippen LogP contribution is -2.60. The predicted molar refractivity (Wildman–Crippen MR) is 82.4 cm³/mol. The fourth-order valence-corrected chi connectivity index (χ4v) is 3.25. The van der Waals surface area contributed by atoms with Crippen LogP contribution in [0.1, 0.15) is 30.8 Å². The number of nitrogens with two attached hydrogens (primary N) is 1. The molecule has 1 fully saturated rings. The molecule has 2 aromatic rings. The van der Waals surface area contributed by atoms with Gasteiger partial charge in [0, 0.05) is 12.2 Å². The molecule has 1 saturated carbocycles. The van der Waals surface area contributed by atoms with Crippen LogP contribution in [-0.2, 0) is 0 Å². The SMILES string of the molecule is CC1(C)C(CN)CC1NC(=O)c1cnc2c(Cl)cccn12. The van der Waals surface area contributed by atoms with Gasteiger partial charge in [0.2, 0.25) is 0 Å². The summed E-state index contributed by atoms with van der Waals surface area (Å²) in [7, 11) is 0.